The van der Waals surface area contributed by atoms with Gasteiger partial charge in [-0.1, -0.05) is 29.3 Å². The highest BCUT2D eigenvalue weighted by Crippen LogP contribution is 2.34. The van der Waals surface area contributed by atoms with Gasteiger partial charge in [0, 0.05) is 24.0 Å². The number of carbonyl (C=O) groups excluding carboxylic acids is 2. The van der Waals surface area contributed by atoms with Gasteiger partial charge < -0.3 is 9.32 Å². The van der Waals surface area contributed by atoms with Crippen molar-refractivity contribution in [1.29, 1.82) is 0 Å². The van der Waals surface area contributed by atoms with Crippen LogP contribution >= 0.6 is 23.2 Å². The summed E-state index contributed by atoms with van der Waals surface area (Å²) in [6, 6.07) is 9.00. The second-order valence-electron chi connectivity index (χ2n) is 5.99. The largest absolute Gasteiger partial charge is 0.464 e. The molecule has 4 nitrogen and oxygen atoms in total. The van der Waals surface area contributed by atoms with E-state index in [1.807, 2.05) is 12.1 Å². The predicted molar refractivity (Wildman–Crippen MR) is 96.5 cm³/mol. The number of furan rings is 1. The number of aldehydes is 1. The van der Waals surface area contributed by atoms with Crippen LogP contribution in [-0.4, -0.2) is 23.6 Å². The van der Waals surface area contributed by atoms with E-state index in [-0.39, 0.29) is 5.91 Å². The number of rotatable bonds is 2. The summed E-state index contributed by atoms with van der Waals surface area (Å²) in [5.41, 5.74) is 3.33. The molecule has 2 aromatic carbocycles. The molecule has 3 aromatic rings. The molecule has 1 aliphatic heterocycles. The van der Waals surface area contributed by atoms with E-state index in [0.717, 1.165) is 16.5 Å². The third-order valence-electron chi connectivity index (χ3n) is 4.55. The molecule has 0 atom stereocenters. The van der Waals surface area contributed by atoms with E-state index < -0.39 is 0 Å². The minimum absolute atomic E-state index is 0.0735. The number of fused-ring (bicyclic) bond motifs is 2. The van der Waals surface area contributed by atoms with Gasteiger partial charge in [-0.05, 0) is 41.8 Å². The van der Waals surface area contributed by atoms with Gasteiger partial charge >= 0.3 is 0 Å². The molecule has 0 N–H and O–H groups in total. The molecule has 1 amide bonds. The first-order chi connectivity index (χ1) is 12.1. The van der Waals surface area contributed by atoms with Crippen LogP contribution in [0.4, 0.5) is 0 Å². The zero-order valence-electron chi connectivity index (χ0n) is 13.1. The summed E-state index contributed by atoms with van der Waals surface area (Å²) in [4.78, 5) is 25.7. The van der Waals surface area contributed by atoms with Gasteiger partial charge in [-0.25, -0.2) is 0 Å². The molecule has 0 unspecified atom stereocenters. The van der Waals surface area contributed by atoms with Crippen molar-refractivity contribution in [1.82, 2.24) is 4.90 Å². The Hall–Kier alpha value is -2.30. The van der Waals surface area contributed by atoms with E-state index >= 15 is 0 Å². The summed E-state index contributed by atoms with van der Waals surface area (Å²) in [5.74, 6) is -0.0735. The summed E-state index contributed by atoms with van der Waals surface area (Å²) in [5, 5.41) is 1.66. The van der Waals surface area contributed by atoms with E-state index in [4.69, 9.17) is 27.6 Å². The lowest BCUT2D eigenvalue weighted by atomic mass is 9.96. The van der Waals surface area contributed by atoms with Crippen molar-refractivity contribution < 1.29 is 14.0 Å². The Labute approximate surface area is 153 Å². The topological polar surface area (TPSA) is 50.5 Å². The highest BCUT2D eigenvalue weighted by atomic mass is 35.5. The summed E-state index contributed by atoms with van der Waals surface area (Å²) in [6.07, 6.45) is 2.85. The van der Waals surface area contributed by atoms with Crippen LogP contribution in [0.25, 0.3) is 11.0 Å². The summed E-state index contributed by atoms with van der Waals surface area (Å²) < 4.78 is 5.37. The van der Waals surface area contributed by atoms with Gasteiger partial charge in [0.15, 0.2) is 6.29 Å². The second kappa shape index (κ2) is 6.21. The molecule has 6 heteroatoms. The van der Waals surface area contributed by atoms with Crippen molar-refractivity contribution in [3.63, 3.8) is 0 Å². The normalized spacial score (nSPS) is 13.8. The number of amides is 1. The van der Waals surface area contributed by atoms with Crippen molar-refractivity contribution in [2.75, 3.05) is 6.54 Å². The third-order valence-corrected chi connectivity index (χ3v) is 5.29. The van der Waals surface area contributed by atoms with E-state index in [1.54, 1.807) is 29.4 Å². The van der Waals surface area contributed by atoms with Crippen LogP contribution in [0.1, 0.15) is 31.8 Å². The molecule has 126 valence electrons. The van der Waals surface area contributed by atoms with Gasteiger partial charge in [0.25, 0.3) is 5.91 Å². The molecular formula is C19H13Cl2NO3. The Morgan fingerprint density at radius 1 is 1.20 bits per heavy atom. The van der Waals surface area contributed by atoms with Gasteiger partial charge in [0.05, 0.1) is 21.9 Å². The van der Waals surface area contributed by atoms with Gasteiger partial charge in [0.2, 0.25) is 0 Å². The van der Waals surface area contributed by atoms with Gasteiger partial charge in [0.1, 0.15) is 5.58 Å². The quantitative estimate of drug-likeness (QED) is 0.609. The first-order valence-corrected chi connectivity index (χ1v) is 8.55. The number of carbonyl (C=O) groups is 2. The number of hydrogen-bond acceptors (Lipinski definition) is 3. The van der Waals surface area contributed by atoms with Crippen LogP contribution < -0.4 is 0 Å². The summed E-state index contributed by atoms with van der Waals surface area (Å²) in [7, 11) is 0. The van der Waals surface area contributed by atoms with E-state index in [9.17, 15) is 9.59 Å². The van der Waals surface area contributed by atoms with Gasteiger partial charge in [-0.15, -0.1) is 0 Å². The van der Waals surface area contributed by atoms with Crippen LogP contribution in [0.2, 0.25) is 10.0 Å². The minimum Gasteiger partial charge on any atom is -0.464 e. The fourth-order valence-corrected chi connectivity index (χ4v) is 3.90. The molecule has 0 radical (unpaired) electrons. The van der Waals surface area contributed by atoms with Crippen LogP contribution in [-0.2, 0) is 13.0 Å². The van der Waals surface area contributed by atoms with Crippen LogP contribution in [0, 0.1) is 0 Å². The molecule has 1 aliphatic rings. The van der Waals surface area contributed by atoms with E-state index in [0.29, 0.717) is 52.6 Å². The number of benzene rings is 2. The van der Waals surface area contributed by atoms with Crippen molar-refractivity contribution in [2.45, 2.75) is 13.0 Å². The predicted octanol–water partition coefficient (Wildman–Crippen LogP) is 4.75. The smallest absolute Gasteiger partial charge is 0.254 e. The van der Waals surface area contributed by atoms with Gasteiger partial charge in [-0.2, -0.15) is 0 Å². The maximum Gasteiger partial charge on any atom is 0.254 e. The lowest BCUT2D eigenvalue weighted by Crippen LogP contribution is -2.36. The fourth-order valence-electron chi connectivity index (χ4n) is 3.22. The third kappa shape index (κ3) is 2.71. The van der Waals surface area contributed by atoms with Crippen molar-refractivity contribution in [3.8, 4) is 0 Å². The average molecular weight is 374 g/mol. The Balaban J connectivity index is 1.65. The fraction of sp³-hybridized carbons (Fsp3) is 0.158. The Kier molecular flexibility index (Phi) is 4.02. The molecule has 2 heterocycles. The van der Waals surface area contributed by atoms with Crippen LogP contribution in [0.5, 0.6) is 0 Å². The molecule has 0 spiro atoms. The number of nitrogens with zero attached hydrogens (tertiary/aromatic N) is 1. The van der Waals surface area contributed by atoms with Crippen molar-refractivity contribution >= 4 is 46.4 Å². The Morgan fingerprint density at radius 2 is 2.04 bits per heavy atom. The monoisotopic (exact) mass is 373 g/mol. The summed E-state index contributed by atoms with van der Waals surface area (Å²) in [6.45, 7) is 0.935. The Bertz CT molecular complexity index is 1010. The first kappa shape index (κ1) is 16.2. The molecule has 25 heavy (non-hydrogen) atoms. The maximum atomic E-state index is 12.8. The molecule has 0 saturated heterocycles. The molecule has 0 fully saturated rings. The van der Waals surface area contributed by atoms with Crippen LogP contribution in [0.15, 0.2) is 41.0 Å². The molecular weight excluding hydrogens is 361 g/mol. The van der Waals surface area contributed by atoms with Crippen molar-refractivity contribution in [2.24, 2.45) is 0 Å². The zero-order valence-corrected chi connectivity index (χ0v) is 14.6. The molecule has 0 bridgehead atoms. The number of halogens is 2. The number of hydrogen-bond donors (Lipinski definition) is 0. The first-order valence-electron chi connectivity index (χ1n) is 7.80. The van der Waals surface area contributed by atoms with E-state index in [2.05, 4.69) is 0 Å². The molecule has 0 aliphatic carbocycles. The van der Waals surface area contributed by atoms with Gasteiger partial charge in [-0.3, -0.25) is 9.59 Å². The molecule has 1 aromatic heterocycles. The molecule has 0 saturated carbocycles. The highest BCUT2D eigenvalue weighted by molar-refractivity contribution is 6.39. The minimum atomic E-state index is -0.0735. The average Bonchev–Trinajstić information content (AvgIpc) is 3.08. The SMILES string of the molecule is O=Cc1c(Cl)cc2c(c1Cl)CCN(C(=O)c1ccc3ccoc3c1)C2. The lowest BCUT2D eigenvalue weighted by molar-refractivity contribution is 0.0734. The Morgan fingerprint density at radius 3 is 2.84 bits per heavy atom. The second-order valence-corrected chi connectivity index (χ2v) is 6.78. The van der Waals surface area contributed by atoms with Crippen molar-refractivity contribution in [3.05, 3.63) is 68.9 Å². The lowest BCUT2D eigenvalue weighted by Gasteiger charge is -2.30. The highest BCUT2D eigenvalue weighted by Gasteiger charge is 2.25. The summed E-state index contributed by atoms with van der Waals surface area (Å²) >= 11 is 12.4. The zero-order chi connectivity index (χ0) is 17.6. The van der Waals surface area contributed by atoms with E-state index in [1.165, 1.54) is 0 Å². The maximum absolute atomic E-state index is 12.8. The standard InChI is InChI=1S/C19H13Cl2NO3/c20-16-7-13-9-22(5-3-14(13)18(21)15(16)10-23)19(24)12-2-1-11-4-6-25-17(11)8-12/h1-2,4,6-8,10H,3,5,9H2. The molecule has 4 rings (SSSR count). The van der Waals surface area contributed by atoms with Crippen LogP contribution in [0.3, 0.4) is 0 Å².